The molecule has 0 spiro atoms. The lowest BCUT2D eigenvalue weighted by Gasteiger charge is -2.12. The Morgan fingerprint density at radius 2 is 1.96 bits per heavy atom. The highest BCUT2D eigenvalue weighted by molar-refractivity contribution is 9.11. The number of amides is 2. The quantitative estimate of drug-likeness (QED) is 0.538. The summed E-state index contributed by atoms with van der Waals surface area (Å²) < 4.78 is 1.23. The first-order chi connectivity index (χ1) is 11.8. The second-order valence-electron chi connectivity index (χ2n) is 5.22. The molecule has 0 unspecified atom stereocenters. The minimum atomic E-state index is -0.398. The van der Waals surface area contributed by atoms with E-state index in [1.54, 1.807) is 36.4 Å². The van der Waals surface area contributed by atoms with E-state index in [-0.39, 0.29) is 22.4 Å². The molecule has 2 amide bonds. The maximum Gasteiger partial charge on any atom is 0.293 e. The van der Waals surface area contributed by atoms with E-state index in [1.807, 2.05) is 0 Å². The number of rotatable bonds is 3. The van der Waals surface area contributed by atoms with Crippen molar-refractivity contribution in [3.05, 3.63) is 66.4 Å². The lowest BCUT2D eigenvalue weighted by atomic mass is 10.2. The number of phenolic OH excluding ortho intramolecular Hbond substituents is 1. The van der Waals surface area contributed by atoms with Crippen LogP contribution in [0.1, 0.15) is 11.1 Å². The molecule has 1 aliphatic rings. The van der Waals surface area contributed by atoms with E-state index in [0.29, 0.717) is 15.1 Å². The molecule has 1 saturated heterocycles. The van der Waals surface area contributed by atoms with Crippen LogP contribution in [0.15, 0.2) is 50.2 Å². The first kappa shape index (κ1) is 18.5. The molecule has 3 rings (SSSR count). The Kier molecular flexibility index (Phi) is 5.58. The number of phenols is 1. The van der Waals surface area contributed by atoms with E-state index in [0.717, 1.165) is 26.7 Å². The predicted octanol–water partition coefficient (Wildman–Crippen LogP) is 5.81. The first-order valence-corrected chi connectivity index (χ1v) is 9.81. The van der Waals surface area contributed by atoms with Crippen molar-refractivity contribution in [3.8, 4) is 5.75 Å². The summed E-state index contributed by atoms with van der Waals surface area (Å²) in [4.78, 5) is 26.2. The van der Waals surface area contributed by atoms with Crippen molar-refractivity contribution in [2.75, 3.05) is 0 Å². The van der Waals surface area contributed by atoms with Crippen LogP contribution in [0.4, 0.5) is 4.79 Å². The first-order valence-electron chi connectivity index (χ1n) is 7.03. The van der Waals surface area contributed by atoms with E-state index in [4.69, 9.17) is 11.6 Å². The monoisotopic (exact) mass is 501 g/mol. The van der Waals surface area contributed by atoms with Gasteiger partial charge in [-0.05, 0) is 63.6 Å². The summed E-state index contributed by atoms with van der Waals surface area (Å²) in [6, 6.07) is 10.4. The molecular weight excluding hydrogens is 494 g/mol. The fourth-order valence-corrected chi connectivity index (χ4v) is 4.59. The van der Waals surface area contributed by atoms with Crippen LogP contribution >= 0.6 is 55.2 Å². The van der Waals surface area contributed by atoms with Gasteiger partial charge in [-0.25, -0.2) is 0 Å². The molecule has 0 aromatic heterocycles. The number of thioether (sulfide) groups is 1. The highest BCUT2D eigenvalue weighted by Crippen LogP contribution is 2.38. The summed E-state index contributed by atoms with van der Waals surface area (Å²) in [7, 11) is 0. The molecule has 2 aromatic carbocycles. The normalized spacial score (nSPS) is 16.1. The van der Waals surface area contributed by atoms with Gasteiger partial charge in [0.2, 0.25) is 0 Å². The molecule has 2 aromatic rings. The number of carbonyl (C=O) groups excluding carboxylic acids is 2. The average molecular weight is 504 g/mol. The Morgan fingerprint density at radius 3 is 2.68 bits per heavy atom. The van der Waals surface area contributed by atoms with Gasteiger partial charge in [-0.15, -0.1) is 0 Å². The highest BCUT2D eigenvalue weighted by Gasteiger charge is 2.35. The van der Waals surface area contributed by atoms with Crippen LogP contribution in [0.3, 0.4) is 0 Å². The summed E-state index contributed by atoms with van der Waals surface area (Å²) in [6.07, 6.45) is 1.51. The van der Waals surface area contributed by atoms with Crippen molar-refractivity contribution in [3.63, 3.8) is 0 Å². The van der Waals surface area contributed by atoms with Crippen LogP contribution in [0.25, 0.3) is 6.08 Å². The zero-order valence-electron chi connectivity index (χ0n) is 12.5. The van der Waals surface area contributed by atoms with Gasteiger partial charge in [0.25, 0.3) is 11.1 Å². The zero-order valence-corrected chi connectivity index (χ0v) is 17.2. The smallest absolute Gasteiger partial charge is 0.293 e. The van der Waals surface area contributed by atoms with Crippen molar-refractivity contribution in [1.82, 2.24) is 4.90 Å². The molecule has 1 fully saturated rings. The average Bonchev–Trinajstić information content (AvgIpc) is 2.80. The van der Waals surface area contributed by atoms with Gasteiger partial charge in [0.1, 0.15) is 5.75 Å². The van der Waals surface area contributed by atoms with Crippen LogP contribution in [-0.2, 0) is 11.3 Å². The predicted molar refractivity (Wildman–Crippen MR) is 106 cm³/mol. The molecule has 25 heavy (non-hydrogen) atoms. The Labute approximate surface area is 170 Å². The standard InChI is InChI=1S/C17H10Br2ClNO3S/c18-11-5-10(15(22)13(19)7-11)6-14-16(23)21(17(24)25-14)8-9-2-1-3-12(20)4-9/h1-7,22H,8H2/b14-6-. The van der Waals surface area contributed by atoms with Crippen LogP contribution in [0.5, 0.6) is 5.75 Å². The highest BCUT2D eigenvalue weighted by atomic mass is 79.9. The Hall–Kier alpha value is -1.28. The van der Waals surface area contributed by atoms with Gasteiger partial charge >= 0.3 is 0 Å². The summed E-state index contributed by atoms with van der Waals surface area (Å²) in [5.74, 6) is -0.393. The van der Waals surface area contributed by atoms with Crippen molar-refractivity contribution < 1.29 is 14.7 Å². The molecule has 0 saturated carbocycles. The Morgan fingerprint density at radius 1 is 1.20 bits per heavy atom. The van der Waals surface area contributed by atoms with E-state index in [2.05, 4.69) is 31.9 Å². The van der Waals surface area contributed by atoms with Gasteiger partial charge < -0.3 is 5.11 Å². The molecular formula is C17H10Br2ClNO3S. The minimum Gasteiger partial charge on any atom is -0.506 e. The number of hydrogen-bond acceptors (Lipinski definition) is 4. The molecule has 128 valence electrons. The van der Waals surface area contributed by atoms with Gasteiger partial charge in [0.15, 0.2) is 0 Å². The molecule has 0 radical (unpaired) electrons. The van der Waals surface area contributed by atoms with E-state index in [1.165, 1.54) is 6.08 Å². The minimum absolute atomic E-state index is 0.00448. The third-order valence-electron chi connectivity index (χ3n) is 3.45. The molecule has 0 aliphatic carbocycles. The summed E-state index contributed by atoms with van der Waals surface area (Å²) in [5, 5.41) is 10.3. The SMILES string of the molecule is O=C1S/C(=C\c2cc(Br)cc(Br)c2O)C(=O)N1Cc1cccc(Cl)c1. The Bertz CT molecular complexity index is 917. The second kappa shape index (κ2) is 7.53. The molecule has 1 heterocycles. The van der Waals surface area contributed by atoms with E-state index >= 15 is 0 Å². The van der Waals surface area contributed by atoms with Gasteiger partial charge in [-0.2, -0.15) is 0 Å². The third kappa shape index (κ3) is 4.11. The summed E-state index contributed by atoms with van der Waals surface area (Å²) >= 11 is 13.4. The molecule has 1 N–H and O–H groups in total. The van der Waals surface area contributed by atoms with Crippen molar-refractivity contribution >= 4 is 72.4 Å². The number of carbonyl (C=O) groups is 2. The van der Waals surface area contributed by atoms with Gasteiger partial charge in [-0.3, -0.25) is 14.5 Å². The molecule has 0 bridgehead atoms. The maximum absolute atomic E-state index is 12.6. The van der Waals surface area contributed by atoms with E-state index < -0.39 is 5.91 Å². The fourth-order valence-electron chi connectivity index (χ4n) is 2.29. The van der Waals surface area contributed by atoms with Crippen molar-refractivity contribution in [2.24, 2.45) is 0 Å². The third-order valence-corrected chi connectivity index (χ3v) is 5.65. The molecule has 1 aliphatic heterocycles. The van der Waals surface area contributed by atoms with Gasteiger partial charge in [0.05, 0.1) is 15.9 Å². The summed E-state index contributed by atoms with van der Waals surface area (Å²) in [6.45, 7) is 0.150. The van der Waals surface area contributed by atoms with Crippen LogP contribution in [-0.4, -0.2) is 21.2 Å². The lowest BCUT2D eigenvalue weighted by molar-refractivity contribution is -0.123. The van der Waals surface area contributed by atoms with Crippen molar-refractivity contribution in [2.45, 2.75) is 6.54 Å². The maximum atomic E-state index is 12.6. The van der Waals surface area contributed by atoms with Gasteiger partial charge in [0, 0.05) is 15.1 Å². The second-order valence-corrected chi connectivity index (χ2v) is 8.42. The molecule has 8 heteroatoms. The fraction of sp³-hybridized carbons (Fsp3) is 0.0588. The Balaban J connectivity index is 1.89. The molecule has 0 atom stereocenters. The number of hydrogen-bond donors (Lipinski definition) is 1. The molecule has 4 nitrogen and oxygen atoms in total. The topological polar surface area (TPSA) is 57.6 Å². The van der Waals surface area contributed by atoms with Crippen LogP contribution < -0.4 is 0 Å². The largest absolute Gasteiger partial charge is 0.506 e. The summed E-state index contributed by atoms with van der Waals surface area (Å²) in [5.41, 5.74) is 1.21. The zero-order chi connectivity index (χ0) is 18.1. The van der Waals surface area contributed by atoms with Crippen molar-refractivity contribution in [1.29, 1.82) is 0 Å². The lowest BCUT2D eigenvalue weighted by Crippen LogP contribution is -2.27. The number of imide groups is 1. The number of benzene rings is 2. The number of halogens is 3. The van der Waals surface area contributed by atoms with Gasteiger partial charge in [-0.1, -0.05) is 39.7 Å². The van der Waals surface area contributed by atoms with E-state index in [9.17, 15) is 14.7 Å². The van der Waals surface area contributed by atoms with Crippen LogP contribution in [0.2, 0.25) is 5.02 Å². The number of aromatic hydroxyl groups is 1. The van der Waals surface area contributed by atoms with Crippen LogP contribution in [0, 0.1) is 0 Å². The number of nitrogens with zero attached hydrogens (tertiary/aromatic N) is 1.